The van der Waals surface area contributed by atoms with Gasteiger partial charge in [0.15, 0.2) is 12.6 Å². The summed E-state index contributed by atoms with van der Waals surface area (Å²) >= 11 is 0. The summed E-state index contributed by atoms with van der Waals surface area (Å²) in [5, 5.41) is 9.98. The number of methoxy groups -OCH3 is 2. The Morgan fingerprint density at radius 3 is 2.24 bits per heavy atom. The molecule has 0 unspecified atom stereocenters. The first-order valence-electron chi connectivity index (χ1n) is 7.62. The molecule has 25 heavy (non-hydrogen) atoms. The molecule has 0 atom stereocenters. The minimum atomic E-state index is -0.705. The Morgan fingerprint density at radius 1 is 1.04 bits per heavy atom. The quantitative estimate of drug-likeness (QED) is 0.337. The molecule has 0 aliphatic rings. The first-order valence-corrected chi connectivity index (χ1v) is 7.62. The lowest BCUT2D eigenvalue weighted by Crippen LogP contribution is -2.14. The number of benzene rings is 1. The summed E-state index contributed by atoms with van der Waals surface area (Å²) in [6.07, 6.45) is 0.952. The second-order valence-corrected chi connectivity index (χ2v) is 4.95. The van der Waals surface area contributed by atoms with E-state index < -0.39 is 11.7 Å². The smallest absolute Gasteiger partial charge is 0.338 e. The largest absolute Gasteiger partial charge is 0.506 e. The number of carbonyl (C=O) groups excluding carboxylic acids is 3. The highest BCUT2D eigenvalue weighted by molar-refractivity contribution is 5.99. The van der Waals surface area contributed by atoms with Gasteiger partial charge >= 0.3 is 5.97 Å². The van der Waals surface area contributed by atoms with Crippen LogP contribution in [0, 0.1) is 0 Å². The zero-order valence-corrected chi connectivity index (χ0v) is 14.3. The molecule has 1 N–H and O–H groups in total. The van der Waals surface area contributed by atoms with Gasteiger partial charge in [0.25, 0.3) is 0 Å². The molecule has 1 aromatic rings. The number of hydrogen-bond acceptors (Lipinski definition) is 8. The standard InChI is InChI=1S/C17H22O8/c1-22-5-6-25-8-7-24-4-3-13-14(17(21)23-2)9-12(10-18)16(20)15(13)11-19/h9-11,20H,3-8H2,1-2H3. The van der Waals surface area contributed by atoms with E-state index in [0.29, 0.717) is 39.0 Å². The fourth-order valence-corrected chi connectivity index (χ4v) is 2.17. The van der Waals surface area contributed by atoms with Gasteiger partial charge in [-0.1, -0.05) is 0 Å². The van der Waals surface area contributed by atoms with Gasteiger partial charge in [0, 0.05) is 7.11 Å². The SMILES string of the molecule is COCCOCCOCCc1c(C(=O)OC)cc(C=O)c(O)c1C=O. The Labute approximate surface area is 145 Å². The summed E-state index contributed by atoms with van der Waals surface area (Å²) in [6.45, 7) is 1.85. The van der Waals surface area contributed by atoms with Crippen molar-refractivity contribution >= 4 is 18.5 Å². The third-order valence-corrected chi connectivity index (χ3v) is 3.43. The number of esters is 1. The van der Waals surface area contributed by atoms with Crippen LogP contribution in [0.15, 0.2) is 6.07 Å². The lowest BCUT2D eigenvalue weighted by atomic mass is 9.95. The van der Waals surface area contributed by atoms with Crippen LogP contribution in [0.25, 0.3) is 0 Å². The van der Waals surface area contributed by atoms with Crippen LogP contribution in [-0.2, 0) is 25.4 Å². The Morgan fingerprint density at radius 2 is 1.68 bits per heavy atom. The van der Waals surface area contributed by atoms with Gasteiger partial charge in [0.1, 0.15) is 5.75 Å². The minimum absolute atomic E-state index is 0.0458. The summed E-state index contributed by atoms with van der Waals surface area (Å²) < 4.78 is 20.1. The van der Waals surface area contributed by atoms with E-state index in [9.17, 15) is 19.5 Å². The molecule has 0 aromatic heterocycles. The van der Waals surface area contributed by atoms with E-state index in [1.165, 1.54) is 13.2 Å². The van der Waals surface area contributed by atoms with Crippen molar-refractivity contribution in [3.8, 4) is 5.75 Å². The van der Waals surface area contributed by atoms with Crippen molar-refractivity contribution < 1.29 is 38.4 Å². The minimum Gasteiger partial charge on any atom is -0.506 e. The zero-order chi connectivity index (χ0) is 18.7. The number of carbonyl (C=O) groups is 3. The van der Waals surface area contributed by atoms with Gasteiger partial charge in [-0.05, 0) is 18.1 Å². The summed E-state index contributed by atoms with van der Waals surface area (Å²) in [4.78, 5) is 34.2. The van der Waals surface area contributed by atoms with Gasteiger partial charge in [-0.2, -0.15) is 0 Å². The Kier molecular flexibility index (Phi) is 9.38. The van der Waals surface area contributed by atoms with Crippen molar-refractivity contribution in [1.82, 2.24) is 0 Å². The van der Waals surface area contributed by atoms with Crippen LogP contribution >= 0.6 is 0 Å². The lowest BCUT2D eigenvalue weighted by Gasteiger charge is -2.14. The third kappa shape index (κ3) is 5.93. The average Bonchev–Trinajstić information content (AvgIpc) is 2.63. The summed E-state index contributed by atoms with van der Waals surface area (Å²) in [5.41, 5.74) is 0.0401. The molecule has 0 amide bonds. The van der Waals surface area contributed by atoms with E-state index >= 15 is 0 Å². The predicted octanol–water partition coefficient (Wildman–Crippen LogP) is 1.03. The number of aldehydes is 2. The summed E-state index contributed by atoms with van der Waals surface area (Å²) in [6, 6.07) is 1.20. The van der Waals surface area contributed by atoms with Crippen LogP contribution in [0.2, 0.25) is 0 Å². The molecule has 0 fully saturated rings. The van der Waals surface area contributed by atoms with Gasteiger partial charge in [-0.15, -0.1) is 0 Å². The van der Waals surface area contributed by atoms with Crippen LogP contribution in [0.3, 0.4) is 0 Å². The van der Waals surface area contributed by atoms with Crippen LogP contribution < -0.4 is 0 Å². The molecule has 0 radical (unpaired) electrons. The molecule has 0 bridgehead atoms. The number of aromatic hydroxyl groups is 1. The molecule has 8 heteroatoms. The molecule has 8 nitrogen and oxygen atoms in total. The van der Waals surface area contributed by atoms with Crippen molar-refractivity contribution in [2.45, 2.75) is 6.42 Å². The summed E-state index contributed by atoms with van der Waals surface area (Å²) in [5.74, 6) is -1.17. The van der Waals surface area contributed by atoms with Crippen molar-refractivity contribution in [1.29, 1.82) is 0 Å². The van der Waals surface area contributed by atoms with Gasteiger partial charge in [-0.3, -0.25) is 9.59 Å². The predicted molar refractivity (Wildman–Crippen MR) is 87.4 cm³/mol. The van der Waals surface area contributed by atoms with Crippen molar-refractivity contribution in [2.75, 3.05) is 47.3 Å². The number of rotatable bonds is 12. The van der Waals surface area contributed by atoms with Crippen LogP contribution in [-0.4, -0.2) is 70.9 Å². The maximum atomic E-state index is 11.9. The average molecular weight is 354 g/mol. The first kappa shape index (κ1) is 20.8. The van der Waals surface area contributed by atoms with Crippen molar-refractivity contribution in [2.24, 2.45) is 0 Å². The number of phenols is 1. The number of hydrogen-bond donors (Lipinski definition) is 1. The second kappa shape index (κ2) is 11.3. The van der Waals surface area contributed by atoms with Crippen LogP contribution in [0.4, 0.5) is 0 Å². The highest BCUT2D eigenvalue weighted by Gasteiger charge is 2.21. The van der Waals surface area contributed by atoms with E-state index in [1.807, 2.05) is 0 Å². The van der Waals surface area contributed by atoms with E-state index in [-0.39, 0.29) is 35.3 Å². The Balaban J connectivity index is 2.79. The molecule has 138 valence electrons. The van der Waals surface area contributed by atoms with E-state index in [0.717, 1.165) is 0 Å². The molecule has 0 heterocycles. The fraction of sp³-hybridized carbons (Fsp3) is 0.471. The molecule has 0 spiro atoms. The lowest BCUT2D eigenvalue weighted by molar-refractivity contribution is 0.0255. The van der Waals surface area contributed by atoms with Crippen molar-refractivity contribution in [3.05, 3.63) is 28.3 Å². The molecular formula is C17H22O8. The van der Waals surface area contributed by atoms with E-state index in [4.69, 9.17) is 14.2 Å². The van der Waals surface area contributed by atoms with Gasteiger partial charge in [0.05, 0.1) is 56.8 Å². The highest BCUT2D eigenvalue weighted by Crippen LogP contribution is 2.28. The zero-order valence-electron chi connectivity index (χ0n) is 14.3. The molecule has 1 aromatic carbocycles. The fourth-order valence-electron chi connectivity index (χ4n) is 2.17. The topological polar surface area (TPSA) is 108 Å². The molecule has 0 saturated carbocycles. The number of phenolic OH excluding ortho intramolecular Hbond substituents is 1. The normalized spacial score (nSPS) is 10.5. The Bertz CT molecular complexity index is 597. The van der Waals surface area contributed by atoms with E-state index in [2.05, 4.69) is 4.74 Å². The molecular weight excluding hydrogens is 332 g/mol. The summed E-state index contributed by atoms with van der Waals surface area (Å²) in [7, 11) is 2.77. The number of ether oxygens (including phenoxy) is 4. The molecule has 0 aliphatic heterocycles. The van der Waals surface area contributed by atoms with Crippen LogP contribution in [0.5, 0.6) is 5.75 Å². The first-order chi connectivity index (χ1) is 12.1. The molecule has 0 aliphatic carbocycles. The highest BCUT2D eigenvalue weighted by atomic mass is 16.5. The maximum absolute atomic E-state index is 11.9. The van der Waals surface area contributed by atoms with Gasteiger partial charge in [0.2, 0.25) is 0 Å². The monoisotopic (exact) mass is 354 g/mol. The second-order valence-electron chi connectivity index (χ2n) is 4.95. The Hall–Kier alpha value is -2.29. The van der Waals surface area contributed by atoms with E-state index in [1.54, 1.807) is 7.11 Å². The molecule has 0 saturated heterocycles. The van der Waals surface area contributed by atoms with Gasteiger partial charge < -0.3 is 24.1 Å². The van der Waals surface area contributed by atoms with Gasteiger partial charge in [-0.25, -0.2) is 4.79 Å². The van der Waals surface area contributed by atoms with Crippen LogP contribution in [0.1, 0.15) is 36.6 Å². The maximum Gasteiger partial charge on any atom is 0.338 e. The molecule has 1 rings (SSSR count). The van der Waals surface area contributed by atoms with Crippen molar-refractivity contribution in [3.63, 3.8) is 0 Å². The third-order valence-electron chi connectivity index (χ3n) is 3.43.